The number of furan rings is 1. The first kappa shape index (κ1) is 33.5. The highest BCUT2D eigenvalue weighted by Crippen LogP contribution is 2.65. The molecule has 284 valence electrons. The van der Waals surface area contributed by atoms with Gasteiger partial charge in [0.15, 0.2) is 5.58 Å². The van der Waals surface area contributed by atoms with E-state index in [0.29, 0.717) is 11.8 Å². The molecule has 5 heteroatoms. The summed E-state index contributed by atoms with van der Waals surface area (Å²) >= 11 is 0. The van der Waals surface area contributed by atoms with Crippen LogP contribution in [0.25, 0.3) is 65.4 Å². The monoisotopic (exact) mass is 770 g/mol. The highest BCUT2D eigenvalue weighted by Gasteiger charge is 2.47. The number of nitrogens with zero attached hydrogens (tertiary/aromatic N) is 4. The van der Waals surface area contributed by atoms with E-state index >= 15 is 0 Å². The minimum Gasteiger partial charge on any atom is -0.454 e. The summed E-state index contributed by atoms with van der Waals surface area (Å²) in [7, 11) is 0. The predicted octanol–water partition coefficient (Wildman–Crippen LogP) is 15.1. The molecule has 3 heterocycles. The normalized spacial score (nSPS) is 15.4. The van der Waals surface area contributed by atoms with Gasteiger partial charge >= 0.3 is 0 Å². The lowest BCUT2D eigenvalue weighted by Gasteiger charge is -2.32. The number of aryl methyl sites for hydroxylation is 2. The Kier molecular flexibility index (Phi) is 6.97. The summed E-state index contributed by atoms with van der Waals surface area (Å²) in [5, 5.41) is 9.53. The van der Waals surface area contributed by atoms with Crippen LogP contribution in [-0.2, 0) is 0 Å². The van der Waals surface area contributed by atoms with Crippen molar-refractivity contribution in [3.63, 3.8) is 0 Å². The smallest absolute Gasteiger partial charge is 0.159 e. The fraction of sp³-hybridized carbons (Fsp3) is 0.0909. The summed E-state index contributed by atoms with van der Waals surface area (Å²) in [6, 6.07) is 57.0. The second kappa shape index (κ2) is 12.5. The second-order valence-electron chi connectivity index (χ2n) is 16.6. The van der Waals surface area contributed by atoms with Crippen LogP contribution in [0, 0.1) is 13.8 Å². The van der Waals surface area contributed by atoms with Crippen LogP contribution in [-0.4, -0.2) is 9.97 Å². The van der Waals surface area contributed by atoms with E-state index in [9.17, 15) is 0 Å². The quantitative estimate of drug-likeness (QED) is 0.158. The molecule has 60 heavy (non-hydrogen) atoms. The number of anilines is 6. The zero-order chi connectivity index (χ0) is 39.6. The van der Waals surface area contributed by atoms with Gasteiger partial charge in [-0.1, -0.05) is 103 Å². The molecular formula is C55H38N4O. The molecule has 8 aromatic carbocycles. The molecule has 2 atom stereocenters. The summed E-state index contributed by atoms with van der Waals surface area (Å²) < 4.78 is 6.69. The summed E-state index contributed by atoms with van der Waals surface area (Å²) in [5.41, 5.74) is 14.1. The third-order valence-corrected chi connectivity index (χ3v) is 13.3. The number of hydrogen-bond donors (Lipinski definition) is 0. The largest absolute Gasteiger partial charge is 0.454 e. The molecule has 0 radical (unpaired) electrons. The molecule has 11 aromatic rings. The fourth-order valence-corrected chi connectivity index (χ4v) is 10.6. The van der Waals surface area contributed by atoms with Gasteiger partial charge in [0.05, 0.1) is 22.7 Å². The summed E-state index contributed by atoms with van der Waals surface area (Å²) in [5.74, 6) is 2.77. The van der Waals surface area contributed by atoms with Crippen molar-refractivity contribution < 1.29 is 4.42 Å². The topological polar surface area (TPSA) is 45.4 Å². The van der Waals surface area contributed by atoms with Crippen LogP contribution in [0.4, 0.5) is 34.4 Å². The lowest BCUT2D eigenvalue weighted by Crippen LogP contribution is -2.16. The maximum atomic E-state index is 6.69. The van der Waals surface area contributed by atoms with Gasteiger partial charge in [0.1, 0.15) is 17.2 Å². The highest BCUT2D eigenvalue weighted by molar-refractivity contribution is 6.29. The molecule has 1 fully saturated rings. The minimum atomic E-state index is 0.484. The van der Waals surface area contributed by atoms with Gasteiger partial charge in [-0.25, -0.2) is 9.97 Å². The molecule has 0 bridgehead atoms. The highest BCUT2D eigenvalue weighted by atomic mass is 16.3. The zero-order valence-electron chi connectivity index (χ0n) is 33.2. The SMILES string of the molecule is Cc1cc(N(c2ccccn2)c2cccc3c2C2CC2c2ccccc2-3)c2ccc3c(C)cc(N(c4ccccn4)c4cccc5c4oc4ccccc45)c4ccc1c2c34. The first-order valence-corrected chi connectivity index (χ1v) is 20.9. The van der Waals surface area contributed by atoms with E-state index in [1.165, 1.54) is 72.4 Å². The van der Waals surface area contributed by atoms with Crippen molar-refractivity contribution in [2.45, 2.75) is 32.1 Å². The Balaban J connectivity index is 1.10. The van der Waals surface area contributed by atoms with Crippen molar-refractivity contribution in [3.8, 4) is 11.1 Å². The van der Waals surface area contributed by atoms with Gasteiger partial charge in [0.25, 0.3) is 0 Å². The van der Waals surface area contributed by atoms with Crippen molar-refractivity contribution in [1.29, 1.82) is 0 Å². The number of hydrogen-bond acceptors (Lipinski definition) is 5. The van der Waals surface area contributed by atoms with Crippen LogP contribution < -0.4 is 9.80 Å². The summed E-state index contributed by atoms with van der Waals surface area (Å²) in [4.78, 5) is 14.8. The predicted molar refractivity (Wildman–Crippen MR) is 247 cm³/mol. The van der Waals surface area contributed by atoms with Gasteiger partial charge in [-0.05, 0) is 142 Å². The van der Waals surface area contributed by atoms with Crippen LogP contribution in [0.5, 0.6) is 0 Å². The second-order valence-corrected chi connectivity index (χ2v) is 16.6. The van der Waals surface area contributed by atoms with Crippen LogP contribution >= 0.6 is 0 Å². The van der Waals surface area contributed by atoms with Crippen molar-refractivity contribution >= 4 is 88.6 Å². The van der Waals surface area contributed by atoms with E-state index < -0.39 is 0 Å². The van der Waals surface area contributed by atoms with Crippen molar-refractivity contribution in [2.24, 2.45) is 0 Å². The average molecular weight is 771 g/mol. The van der Waals surface area contributed by atoms with Gasteiger partial charge < -0.3 is 4.42 Å². The molecule has 0 aliphatic heterocycles. The van der Waals surface area contributed by atoms with Crippen LogP contribution in [0.2, 0.25) is 0 Å². The number of pyridine rings is 2. The molecule has 2 aliphatic rings. The first-order valence-electron chi connectivity index (χ1n) is 20.9. The Bertz CT molecular complexity index is 3520. The van der Waals surface area contributed by atoms with Crippen LogP contribution in [0.15, 0.2) is 175 Å². The van der Waals surface area contributed by atoms with E-state index in [2.05, 4.69) is 157 Å². The first-order chi connectivity index (χ1) is 29.6. The average Bonchev–Trinajstić information content (AvgIpc) is 4.02. The Morgan fingerprint density at radius 3 is 1.73 bits per heavy atom. The standard InChI is InChI=1S/C55H38N4O/c1-32-29-47(58(50-21-7-9-27-56-50)45-18-11-16-39-36-13-3-4-14-37(36)43-31-44(43)52(39)45)41-25-23-35-33(2)30-48(42-26-24-34(32)53(41)54(35)42)59(51-22-8-10-28-57-51)46-19-12-17-40-38-15-5-6-20-49(38)60-55(40)46/h3-30,43-44H,31H2,1-2H3. The van der Waals surface area contributed by atoms with Gasteiger partial charge in [0, 0.05) is 33.9 Å². The molecule has 2 unspecified atom stereocenters. The van der Waals surface area contributed by atoms with E-state index in [0.717, 1.165) is 56.0 Å². The molecule has 0 saturated heterocycles. The Labute approximate surface area is 347 Å². The van der Waals surface area contributed by atoms with E-state index in [-0.39, 0.29) is 0 Å². The summed E-state index contributed by atoms with van der Waals surface area (Å²) in [6.07, 6.45) is 4.96. The van der Waals surface area contributed by atoms with Crippen molar-refractivity contribution in [2.75, 3.05) is 9.80 Å². The number of benzene rings is 8. The van der Waals surface area contributed by atoms with Crippen molar-refractivity contribution in [3.05, 3.63) is 192 Å². The lowest BCUT2D eigenvalue weighted by atomic mass is 9.84. The van der Waals surface area contributed by atoms with Gasteiger partial charge in [-0.15, -0.1) is 0 Å². The molecule has 0 amide bonds. The molecule has 0 spiro atoms. The summed E-state index contributed by atoms with van der Waals surface area (Å²) in [6.45, 7) is 4.50. The van der Waals surface area contributed by atoms with Gasteiger partial charge in [-0.3, -0.25) is 9.80 Å². The molecule has 13 rings (SSSR count). The Morgan fingerprint density at radius 2 is 1.03 bits per heavy atom. The van der Waals surface area contributed by atoms with E-state index in [1.54, 1.807) is 0 Å². The van der Waals surface area contributed by atoms with Gasteiger partial charge in [-0.2, -0.15) is 0 Å². The number of rotatable bonds is 6. The molecule has 0 N–H and O–H groups in total. The molecule has 5 nitrogen and oxygen atoms in total. The van der Waals surface area contributed by atoms with Crippen LogP contribution in [0.3, 0.4) is 0 Å². The Morgan fingerprint density at radius 1 is 0.467 bits per heavy atom. The third kappa shape index (κ3) is 4.69. The van der Waals surface area contributed by atoms with E-state index in [1.807, 2.05) is 36.7 Å². The van der Waals surface area contributed by atoms with Crippen molar-refractivity contribution in [1.82, 2.24) is 9.97 Å². The fourth-order valence-electron chi connectivity index (χ4n) is 10.6. The van der Waals surface area contributed by atoms with E-state index in [4.69, 9.17) is 14.4 Å². The molecule has 1 saturated carbocycles. The molecule has 3 aromatic heterocycles. The lowest BCUT2D eigenvalue weighted by molar-refractivity contribution is 0.669. The number of para-hydroxylation sites is 2. The zero-order valence-corrected chi connectivity index (χ0v) is 33.2. The maximum Gasteiger partial charge on any atom is 0.159 e. The minimum absolute atomic E-state index is 0.484. The van der Waals surface area contributed by atoms with Crippen LogP contribution in [0.1, 0.15) is 40.5 Å². The number of fused-ring (bicyclic) bond motifs is 9. The van der Waals surface area contributed by atoms with Gasteiger partial charge in [0.2, 0.25) is 0 Å². The number of aromatic nitrogens is 2. The molecular weight excluding hydrogens is 733 g/mol. The maximum absolute atomic E-state index is 6.69. The third-order valence-electron chi connectivity index (χ3n) is 13.3. The molecule has 2 aliphatic carbocycles. The Hall–Kier alpha value is -7.50.